The zero-order valence-electron chi connectivity index (χ0n) is 19.6. The van der Waals surface area contributed by atoms with E-state index in [1.165, 1.54) is 31.2 Å². The van der Waals surface area contributed by atoms with Crippen LogP contribution in [0.4, 0.5) is 0 Å². The number of benzene rings is 1. The number of amides is 2. The predicted octanol–water partition coefficient (Wildman–Crippen LogP) is 3.25. The van der Waals surface area contributed by atoms with Crippen molar-refractivity contribution >= 4 is 11.8 Å². The molecular weight excluding hydrogens is 402 g/mol. The summed E-state index contributed by atoms with van der Waals surface area (Å²) in [6.45, 7) is 3.79. The van der Waals surface area contributed by atoms with Crippen molar-refractivity contribution in [2.24, 2.45) is 11.8 Å². The van der Waals surface area contributed by atoms with Crippen molar-refractivity contribution in [3.05, 3.63) is 29.8 Å². The molecule has 176 valence electrons. The van der Waals surface area contributed by atoms with E-state index in [1.807, 2.05) is 12.1 Å². The Balaban J connectivity index is 1.30. The molecule has 0 unspecified atom stereocenters. The van der Waals surface area contributed by atoms with E-state index in [4.69, 9.17) is 4.74 Å². The lowest BCUT2D eigenvalue weighted by atomic mass is 9.94. The summed E-state index contributed by atoms with van der Waals surface area (Å²) in [6, 6.07) is 7.98. The van der Waals surface area contributed by atoms with Crippen molar-refractivity contribution in [1.29, 1.82) is 0 Å². The largest absolute Gasteiger partial charge is 0.497 e. The first-order chi connectivity index (χ1) is 15.7. The van der Waals surface area contributed by atoms with Crippen molar-refractivity contribution in [3.63, 3.8) is 0 Å². The van der Waals surface area contributed by atoms with Crippen LogP contribution in [-0.4, -0.2) is 67.5 Å². The van der Waals surface area contributed by atoms with Crippen LogP contribution < -0.4 is 10.1 Å². The van der Waals surface area contributed by atoms with E-state index < -0.39 is 0 Å². The molecule has 1 aromatic rings. The van der Waals surface area contributed by atoms with E-state index in [9.17, 15) is 9.59 Å². The number of carbonyl (C=O) groups excluding carboxylic acids is 2. The average Bonchev–Trinajstić information content (AvgIpc) is 3.55. The highest BCUT2D eigenvalue weighted by atomic mass is 16.5. The Morgan fingerprint density at radius 1 is 0.969 bits per heavy atom. The Labute approximate surface area is 192 Å². The smallest absolute Gasteiger partial charge is 0.237 e. The molecule has 1 heterocycles. The highest BCUT2D eigenvalue weighted by Crippen LogP contribution is 2.32. The number of methoxy groups -OCH3 is 1. The van der Waals surface area contributed by atoms with Crippen molar-refractivity contribution in [2.45, 2.75) is 63.8 Å². The van der Waals surface area contributed by atoms with E-state index in [-0.39, 0.29) is 17.9 Å². The molecular formula is C26H39N3O3. The fraction of sp³-hybridized carbons (Fsp3) is 0.692. The molecule has 2 aliphatic carbocycles. The maximum absolute atomic E-state index is 13.3. The van der Waals surface area contributed by atoms with Crippen LogP contribution in [0.2, 0.25) is 0 Å². The third kappa shape index (κ3) is 5.64. The number of piperazine rings is 1. The molecule has 6 heteroatoms. The normalized spacial score (nSPS) is 21.6. The summed E-state index contributed by atoms with van der Waals surface area (Å²) in [4.78, 5) is 30.5. The second-order valence-electron chi connectivity index (χ2n) is 9.72. The van der Waals surface area contributed by atoms with Gasteiger partial charge in [-0.3, -0.25) is 14.5 Å². The minimum absolute atomic E-state index is 0.0582. The molecule has 3 fully saturated rings. The lowest BCUT2D eigenvalue weighted by molar-refractivity contribution is -0.138. The van der Waals surface area contributed by atoms with Gasteiger partial charge < -0.3 is 15.0 Å². The van der Waals surface area contributed by atoms with E-state index in [0.29, 0.717) is 18.4 Å². The minimum atomic E-state index is -0.0582. The van der Waals surface area contributed by atoms with Gasteiger partial charge in [-0.1, -0.05) is 37.8 Å². The minimum Gasteiger partial charge on any atom is -0.497 e. The van der Waals surface area contributed by atoms with Gasteiger partial charge in [-0.15, -0.1) is 0 Å². The molecule has 1 aromatic carbocycles. The summed E-state index contributed by atoms with van der Waals surface area (Å²) < 4.78 is 5.22. The number of hydrogen-bond donors (Lipinski definition) is 1. The molecule has 0 radical (unpaired) electrons. The molecule has 32 heavy (non-hydrogen) atoms. The molecule has 0 aromatic heterocycles. The fourth-order valence-electron chi connectivity index (χ4n) is 5.83. The lowest BCUT2D eigenvalue weighted by Gasteiger charge is -2.41. The Hall–Kier alpha value is -2.08. The number of nitrogens with zero attached hydrogens (tertiary/aromatic N) is 2. The van der Waals surface area contributed by atoms with Crippen LogP contribution in [0.3, 0.4) is 0 Å². The van der Waals surface area contributed by atoms with E-state index in [0.717, 1.165) is 64.0 Å². The number of nitrogens with one attached hydrogen (secondary N) is 1. The zero-order chi connectivity index (χ0) is 22.3. The first-order valence-electron chi connectivity index (χ1n) is 12.6. The predicted molar refractivity (Wildman–Crippen MR) is 126 cm³/mol. The van der Waals surface area contributed by atoms with Gasteiger partial charge in [0, 0.05) is 38.6 Å². The monoisotopic (exact) mass is 441 g/mol. The molecule has 2 amide bonds. The van der Waals surface area contributed by atoms with Crippen LogP contribution in [-0.2, 0) is 16.0 Å². The second-order valence-corrected chi connectivity index (χ2v) is 9.72. The topological polar surface area (TPSA) is 61.9 Å². The van der Waals surface area contributed by atoms with Gasteiger partial charge in [-0.25, -0.2) is 0 Å². The Kier molecular flexibility index (Phi) is 8.06. The summed E-state index contributed by atoms with van der Waals surface area (Å²) in [5, 5.41) is 3.22. The van der Waals surface area contributed by atoms with Crippen LogP contribution in [0.5, 0.6) is 5.75 Å². The summed E-state index contributed by atoms with van der Waals surface area (Å²) in [7, 11) is 1.67. The van der Waals surface area contributed by atoms with Gasteiger partial charge in [0.15, 0.2) is 0 Å². The zero-order valence-corrected chi connectivity index (χ0v) is 19.6. The first-order valence-corrected chi connectivity index (χ1v) is 12.6. The van der Waals surface area contributed by atoms with Gasteiger partial charge in [0.25, 0.3) is 0 Å². The van der Waals surface area contributed by atoms with Gasteiger partial charge >= 0.3 is 0 Å². The molecule has 1 saturated heterocycles. The third-order valence-corrected chi connectivity index (χ3v) is 7.71. The van der Waals surface area contributed by atoms with E-state index >= 15 is 0 Å². The lowest BCUT2D eigenvalue weighted by Crippen LogP contribution is -2.58. The quantitative estimate of drug-likeness (QED) is 0.673. The molecule has 2 saturated carbocycles. The van der Waals surface area contributed by atoms with Gasteiger partial charge in [-0.05, 0) is 55.7 Å². The van der Waals surface area contributed by atoms with Gasteiger partial charge in [0.2, 0.25) is 11.8 Å². The molecule has 1 aliphatic heterocycles. The molecule has 4 rings (SSSR count). The first kappa shape index (κ1) is 23.1. The maximum Gasteiger partial charge on any atom is 0.237 e. The summed E-state index contributed by atoms with van der Waals surface area (Å²) in [5.41, 5.74) is 1.20. The van der Waals surface area contributed by atoms with Crippen LogP contribution in [0.1, 0.15) is 56.9 Å². The van der Waals surface area contributed by atoms with Crippen LogP contribution in [0.25, 0.3) is 0 Å². The van der Waals surface area contributed by atoms with Crippen molar-refractivity contribution in [3.8, 4) is 5.75 Å². The summed E-state index contributed by atoms with van der Waals surface area (Å²) in [6.07, 6.45) is 10.0. The Morgan fingerprint density at radius 3 is 2.22 bits per heavy atom. The van der Waals surface area contributed by atoms with Crippen LogP contribution >= 0.6 is 0 Å². The van der Waals surface area contributed by atoms with E-state index in [2.05, 4.69) is 27.2 Å². The highest BCUT2D eigenvalue weighted by molar-refractivity contribution is 5.82. The van der Waals surface area contributed by atoms with Crippen LogP contribution in [0, 0.1) is 11.8 Å². The molecule has 0 spiro atoms. The second kappa shape index (κ2) is 11.2. The molecule has 3 aliphatic rings. The Morgan fingerprint density at radius 2 is 1.59 bits per heavy atom. The van der Waals surface area contributed by atoms with Crippen LogP contribution in [0.15, 0.2) is 24.3 Å². The van der Waals surface area contributed by atoms with Crippen molar-refractivity contribution in [2.75, 3.05) is 39.8 Å². The number of hydrogen-bond acceptors (Lipinski definition) is 4. The fourth-order valence-corrected chi connectivity index (χ4v) is 5.83. The third-order valence-electron chi connectivity index (χ3n) is 7.71. The average molecular weight is 442 g/mol. The summed E-state index contributed by atoms with van der Waals surface area (Å²) >= 11 is 0. The van der Waals surface area contributed by atoms with Gasteiger partial charge in [0.1, 0.15) is 5.75 Å². The number of rotatable bonds is 8. The molecule has 1 atom stereocenters. The molecule has 0 bridgehead atoms. The van der Waals surface area contributed by atoms with E-state index in [1.54, 1.807) is 7.11 Å². The standard InChI is InChI=1S/C26H39N3O3/c1-32-23-12-10-20(11-13-23)14-15-27-25(30)24(21-6-2-3-7-21)28-16-18-29(19-17-28)26(31)22-8-4-5-9-22/h10-13,21-22,24H,2-9,14-19H2,1H3,(H,27,30)/t24-/m0/s1. The van der Waals surface area contributed by atoms with Crippen molar-refractivity contribution < 1.29 is 14.3 Å². The number of ether oxygens (including phenoxy) is 1. The number of carbonyl (C=O) groups is 2. The maximum atomic E-state index is 13.3. The van der Waals surface area contributed by atoms with Gasteiger partial charge in [0.05, 0.1) is 13.2 Å². The van der Waals surface area contributed by atoms with Gasteiger partial charge in [-0.2, -0.15) is 0 Å². The summed E-state index contributed by atoms with van der Waals surface area (Å²) in [5.74, 6) is 2.05. The molecule has 1 N–H and O–H groups in total. The SMILES string of the molecule is COc1ccc(CCNC(=O)[C@H](C2CCCC2)N2CCN(C(=O)C3CCCC3)CC2)cc1. The van der Waals surface area contributed by atoms with Crippen molar-refractivity contribution in [1.82, 2.24) is 15.1 Å². The molecule has 6 nitrogen and oxygen atoms in total. The highest BCUT2D eigenvalue weighted by Gasteiger charge is 2.38. The Bertz CT molecular complexity index is 746.